The summed E-state index contributed by atoms with van der Waals surface area (Å²) < 4.78 is 25.3. The van der Waals surface area contributed by atoms with Gasteiger partial charge >= 0.3 is 0 Å². The van der Waals surface area contributed by atoms with E-state index in [4.69, 9.17) is 4.11 Å². The molecular formula is C20H18N+. The van der Waals surface area contributed by atoms with E-state index in [9.17, 15) is 0 Å². The normalized spacial score (nSPS) is 14.8. The van der Waals surface area contributed by atoms with Crippen molar-refractivity contribution in [1.29, 1.82) is 0 Å². The number of aryl methyl sites for hydroxylation is 1. The van der Waals surface area contributed by atoms with Crippen molar-refractivity contribution < 1.29 is 8.68 Å². The Morgan fingerprint density at radius 2 is 1.76 bits per heavy atom. The van der Waals surface area contributed by atoms with Crippen molar-refractivity contribution in [2.75, 3.05) is 0 Å². The van der Waals surface area contributed by atoms with Crippen LogP contribution in [-0.2, 0) is 13.0 Å². The molecule has 1 aliphatic heterocycles. The minimum absolute atomic E-state index is 0.0772. The van der Waals surface area contributed by atoms with Crippen LogP contribution in [0.25, 0.3) is 22.5 Å². The van der Waals surface area contributed by atoms with E-state index < -0.39 is 6.85 Å². The Kier molecular flexibility index (Phi) is 2.20. The lowest BCUT2D eigenvalue weighted by Gasteiger charge is -2.07. The molecule has 0 aliphatic carbocycles. The van der Waals surface area contributed by atoms with Gasteiger partial charge in [0.1, 0.15) is 0 Å². The number of benzene rings is 2. The molecule has 0 fully saturated rings. The van der Waals surface area contributed by atoms with E-state index in [1.54, 1.807) is 0 Å². The first-order valence-electron chi connectivity index (χ1n) is 8.72. The molecule has 1 aromatic heterocycles. The van der Waals surface area contributed by atoms with Crippen LogP contribution in [0, 0.1) is 0 Å². The summed E-state index contributed by atoms with van der Waals surface area (Å²) in [6.45, 7) is -1.20. The predicted octanol–water partition coefficient (Wildman–Crippen LogP) is 4.23. The summed E-state index contributed by atoms with van der Waals surface area (Å²) in [6, 6.07) is 22.5. The van der Waals surface area contributed by atoms with Gasteiger partial charge in [-0.3, -0.25) is 0 Å². The van der Waals surface area contributed by atoms with Crippen molar-refractivity contribution in [2.24, 2.45) is 0 Å². The summed E-state index contributed by atoms with van der Waals surface area (Å²) in [7, 11) is 0. The molecule has 3 aromatic rings. The van der Waals surface area contributed by atoms with Gasteiger partial charge in [-0.25, -0.2) is 0 Å². The van der Waals surface area contributed by atoms with Gasteiger partial charge in [0.2, 0.25) is 11.4 Å². The number of aromatic nitrogens is 1. The molecule has 0 unspecified atom stereocenters. The summed E-state index contributed by atoms with van der Waals surface area (Å²) in [5, 5.41) is 0. The molecule has 1 aliphatic rings. The second kappa shape index (κ2) is 4.85. The first-order valence-corrected chi connectivity index (χ1v) is 7.22. The highest BCUT2D eigenvalue weighted by molar-refractivity contribution is 5.68. The van der Waals surface area contributed by atoms with Gasteiger partial charge in [0, 0.05) is 26.9 Å². The molecular weight excluding hydrogens is 254 g/mol. The summed E-state index contributed by atoms with van der Waals surface area (Å²) in [4.78, 5) is 0. The van der Waals surface area contributed by atoms with E-state index in [1.807, 2.05) is 30.3 Å². The van der Waals surface area contributed by atoms with Crippen LogP contribution in [0.5, 0.6) is 0 Å². The molecule has 1 nitrogen and oxygen atoms in total. The van der Waals surface area contributed by atoms with Crippen molar-refractivity contribution >= 4 is 0 Å². The average Bonchev–Trinajstić information content (AvgIpc) is 2.92. The second-order valence-electron chi connectivity index (χ2n) is 5.38. The van der Waals surface area contributed by atoms with Gasteiger partial charge in [-0.15, -0.1) is 0 Å². The molecule has 0 N–H and O–H groups in total. The molecule has 2 heterocycles. The van der Waals surface area contributed by atoms with Gasteiger partial charge in [-0.1, -0.05) is 43.3 Å². The number of nitrogens with zero attached hydrogens (tertiary/aromatic N) is 1. The van der Waals surface area contributed by atoms with Crippen LogP contribution < -0.4 is 4.57 Å². The van der Waals surface area contributed by atoms with Crippen LogP contribution in [0.2, 0.25) is 0 Å². The fraction of sp³-hybridized carbons (Fsp3) is 0.150. The van der Waals surface area contributed by atoms with Crippen molar-refractivity contribution in [2.45, 2.75) is 19.8 Å². The Balaban J connectivity index is 1.95. The van der Waals surface area contributed by atoms with Crippen molar-refractivity contribution in [3.05, 3.63) is 77.9 Å². The quantitative estimate of drug-likeness (QED) is 0.482. The highest BCUT2D eigenvalue weighted by Gasteiger charge is 2.30. The Morgan fingerprint density at radius 3 is 2.62 bits per heavy atom. The minimum Gasteiger partial charge on any atom is -0.187 e. The smallest absolute Gasteiger partial charge is 0.187 e. The number of fused-ring (bicyclic) bond motifs is 3. The molecule has 0 atom stereocenters. The summed E-state index contributed by atoms with van der Waals surface area (Å²) in [5.41, 5.74) is 6.61. The van der Waals surface area contributed by atoms with Gasteiger partial charge < -0.3 is 0 Å². The molecule has 2 aromatic carbocycles. The topological polar surface area (TPSA) is 3.88 Å². The molecule has 0 spiro atoms. The number of rotatable bonds is 2. The molecule has 4 rings (SSSR count). The van der Waals surface area contributed by atoms with Crippen LogP contribution in [0.4, 0.5) is 0 Å². The molecule has 102 valence electrons. The highest BCUT2D eigenvalue weighted by Crippen LogP contribution is 2.31. The summed E-state index contributed by atoms with van der Waals surface area (Å²) in [6.07, 6.45) is 0.0772. The third kappa shape index (κ3) is 1.89. The summed E-state index contributed by atoms with van der Waals surface area (Å²) >= 11 is 0. The van der Waals surface area contributed by atoms with E-state index >= 15 is 0 Å². The first kappa shape index (κ1) is 9.51. The zero-order valence-electron chi connectivity index (χ0n) is 14.7. The van der Waals surface area contributed by atoms with Crippen LogP contribution in [0.1, 0.15) is 22.1 Å². The highest BCUT2D eigenvalue weighted by atomic mass is 15.0. The summed E-state index contributed by atoms with van der Waals surface area (Å²) in [5.74, 6) is 0. The van der Waals surface area contributed by atoms with Crippen molar-refractivity contribution in [3.63, 3.8) is 0 Å². The van der Waals surface area contributed by atoms with Crippen molar-refractivity contribution in [1.82, 2.24) is 0 Å². The van der Waals surface area contributed by atoms with Gasteiger partial charge in [0.25, 0.3) is 0 Å². The fourth-order valence-corrected chi connectivity index (χ4v) is 3.20. The van der Waals surface area contributed by atoms with Crippen LogP contribution in [0.15, 0.2) is 66.7 Å². The first-order chi connectivity index (χ1) is 11.5. The Morgan fingerprint density at radius 1 is 0.952 bits per heavy atom. The Labute approximate surface area is 129 Å². The van der Waals surface area contributed by atoms with Gasteiger partial charge in [-0.05, 0) is 30.7 Å². The lowest BCUT2D eigenvalue weighted by molar-refractivity contribution is -0.661. The zero-order valence-corrected chi connectivity index (χ0v) is 11.7. The maximum Gasteiger partial charge on any atom is 0.216 e. The third-order valence-electron chi connectivity index (χ3n) is 4.17. The van der Waals surface area contributed by atoms with E-state index in [-0.39, 0.29) is 6.42 Å². The average molecular weight is 275 g/mol. The van der Waals surface area contributed by atoms with Crippen molar-refractivity contribution in [3.8, 4) is 22.5 Å². The second-order valence-corrected chi connectivity index (χ2v) is 5.38. The largest absolute Gasteiger partial charge is 0.216 e. The van der Waals surface area contributed by atoms with Crippen LogP contribution >= 0.6 is 0 Å². The van der Waals surface area contributed by atoms with Gasteiger partial charge in [0.15, 0.2) is 6.54 Å². The van der Waals surface area contributed by atoms with Crippen LogP contribution in [-0.4, -0.2) is 0 Å². The van der Waals surface area contributed by atoms with E-state index in [0.29, 0.717) is 0 Å². The maximum absolute atomic E-state index is 7.68. The van der Waals surface area contributed by atoms with Gasteiger partial charge in [0.05, 0.1) is 5.56 Å². The molecule has 0 radical (unpaired) electrons. The maximum atomic E-state index is 7.68. The molecule has 0 amide bonds. The number of hydrogen-bond donors (Lipinski definition) is 0. The predicted molar refractivity (Wildman–Crippen MR) is 86.0 cm³/mol. The van der Waals surface area contributed by atoms with Crippen LogP contribution in [0.3, 0.4) is 0 Å². The van der Waals surface area contributed by atoms with Gasteiger partial charge in [-0.2, -0.15) is 4.57 Å². The zero-order chi connectivity index (χ0) is 16.7. The molecule has 1 heteroatoms. The number of pyridine rings is 1. The lowest BCUT2D eigenvalue weighted by atomic mass is 10.0. The molecule has 0 bridgehead atoms. The molecule has 21 heavy (non-hydrogen) atoms. The Bertz CT molecular complexity index is 899. The van der Waals surface area contributed by atoms with E-state index in [1.165, 1.54) is 11.1 Å². The minimum atomic E-state index is -1.98. The standard InChI is InChI=1S/C20H18N/c1-2-15-12-13-19-18-11-7-6-10-17(18)14-21(19)20(15)16-8-4-3-5-9-16/h3-13H,2,14H2,1H3/q+1/i1D3. The monoisotopic (exact) mass is 275 g/mol. The lowest BCUT2D eigenvalue weighted by Crippen LogP contribution is -2.36. The fourth-order valence-electron chi connectivity index (χ4n) is 3.20. The Hall–Kier alpha value is -2.41. The number of hydrogen-bond acceptors (Lipinski definition) is 0. The third-order valence-corrected chi connectivity index (χ3v) is 4.17. The molecule has 0 saturated carbocycles. The van der Waals surface area contributed by atoms with E-state index in [2.05, 4.69) is 41.0 Å². The van der Waals surface area contributed by atoms with E-state index in [0.717, 1.165) is 29.1 Å². The SMILES string of the molecule is [2H]C([2H])([2H])Cc1ccc2[n+](c1-c1ccccc1)Cc1ccccc1-2. The molecule has 0 saturated heterocycles.